The molecule has 2 aromatic carbocycles. The third kappa shape index (κ3) is 2.96. The molecule has 0 aliphatic rings. The van der Waals surface area contributed by atoms with Gasteiger partial charge < -0.3 is 0 Å². The molecule has 1 N–H and O–H groups in total. The molecule has 6 heteroatoms. The summed E-state index contributed by atoms with van der Waals surface area (Å²) in [5.74, 6) is 0. The van der Waals surface area contributed by atoms with Crippen molar-refractivity contribution >= 4 is 43.7 Å². The summed E-state index contributed by atoms with van der Waals surface area (Å²) in [6, 6.07) is 14.3. The molecule has 0 spiro atoms. The Morgan fingerprint density at radius 1 is 1.05 bits per heavy atom. The van der Waals surface area contributed by atoms with Crippen molar-refractivity contribution in [2.24, 2.45) is 0 Å². The lowest BCUT2D eigenvalue weighted by Gasteiger charge is -2.10. The first-order valence-electron chi connectivity index (χ1n) is 6.27. The second-order valence-electron chi connectivity index (χ2n) is 4.50. The smallest absolute Gasteiger partial charge is 0.207 e. The quantitative estimate of drug-likeness (QED) is 0.781. The molecule has 0 amide bonds. The van der Waals surface area contributed by atoms with E-state index in [-0.39, 0.29) is 11.4 Å². The van der Waals surface area contributed by atoms with Crippen molar-refractivity contribution in [1.82, 2.24) is 4.72 Å². The molecule has 0 aliphatic carbocycles. The van der Waals surface area contributed by atoms with Crippen molar-refractivity contribution < 1.29 is 8.42 Å². The molecule has 1 heterocycles. The molecule has 0 saturated carbocycles. The normalized spacial score (nSPS) is 11.9. The summed E-state index contributed by atoms with van der Waals surface area (Å²) in [7, 11) is -3.61. The Kier molecular flexibility index (Phi) is 3.99. The fourth-order valence-electron chi connectivity index (χ4n) is 2.14. The van der Waals surface area contributed by atoms with Gasteiger partial charge in [-0.15, -0.1) is 11.3 Å². The van der Waals surface area contributed by atoms with Gasteiger partial charge in [0.1, 0.15) is 0 Å². The van der Waals surface area contributed by atoms with E-state index in [1.165, 1.54) is 11.3 Å². The molecular formula is C15H12ClNO2S2. The SMILES string of the molecule is O=S(=O)(NCc1cccs1)c1cccc2cccc(Cl)c12. The monoisotopic (exact) mass is 337 g/mol. The van der Waals surface area contributed by atoms with Crippen molar-refractivity contribution in [3.8, 4) is 0 Å². The molecule has 0 unspecified atom stereocenters. The van der Waals surface area contributed by atoms with Gasteiger partial charge >= 0.3 is 0 Å². The Bertz CT molecular complexity index is 869. The maximum absolute atomic E-state index is 12.5. The second kappa shape index (κ2) is 5.77. The van der Waals surface area contributed by atoms with Gasteiger partial charge in [-0.3, -0.25) is 0 Å². The van der Waals surface area contributed by atoms with Gasteiger partial charge in [-0.2, -0.15) is 0 Å². The minimum atomic E-state index is -3.61. The fourth-order valence-corrected chi connectivity index (χ4v) is 4.47. The van der Waals surface area contributed by atoms with Gasteiger partial charge in [0.2, 0.25) is 10.0 Å². The third-order valence-electron chi connectivity index (χ3n) is 3.12. The van der Waals surface area contributed by atoms with E-state index in [4.69, 9.17) is 11.6 Å². The molecule has 0 bridgehead atoms. The van der Waals surface area contributed by atoms with Crippen LogP contribution in [0.2, 0.25) is 5.02 Å². The van der Waals surface area contributed by atoms with E-state index in [0.717, 1.165) is 10.3 Å². The van der Waals surface area contributed by atoms with Crippen LogP contribution in [0.4, 0.5) is 0 Å². The molecule has 3 aromatic rings. The zero-order chi connectivity index (χ0) is 14.9. The first-order valence-corrected chi connectivity index (χ1v) is 9.01. The number of nitrogens with one attached hydrogen (secondary N) is 1. The van der Waals surface area contributed by atoms with Crippen LogP contribution in [0.1, 0.15) is 4.88 Å². The average molecular weight is 338 g/mol. The maximum Gasteiger partial charge on any atom is 0.241 e. The largest absolute Gasteiger partial charge is 0.241 e. The molecular weight excluding hydrogens is 326 g/mol. The summed E-state index contributed by atoms with van der Waals surface area (Å²) in [4.78, 5) is 1.17. The Morgan fingerprint density at radius 3 is 2.52 bits per heavy atom. The number of hydrogen-bond acceptors (Lipinski definition) is 3. The van der Waals surface area contributed by atoms with Crippen LogP contribution >= 0.6 is 22.9 Å². The van der Waals surface area contributed by atoms with E-state index < -0.39 is 10.0 Å². The van der Waals surface area contributed by atoms with Crippen LogP contribution in [-0.2, 0) is 16.6 Å². The summed E-state index contributed by atoms with van der Waals surface area (Å²) in [6.45, 7) is 0.279. The minimum Gasteiger partial charge on any atom is -0.207 e. The number of sulfonamides is 1. The van der Waals surface area contributed by atoms with E-state index in [2.05, 4.69) is 4.72 Å². The summed E-state index contributed by atoms with van der Waals surface area (Å²) < 4.78 is 27.7. The number of thiophene rings is 1. The van der Waals surface area contributed by atoms with Gasteiger partial charge in [-0.1, -0.05) is 41.9 Å². The number of rotatable bonds is 4. The Morgan fingerprint density at radius 2 is 1.81 bits per heavy atom. The third-order valence-corrected chi connectivity index (χ3v) is 5.76. The molecule has 0 atom stereocenters. The van der Waals surface area contributed by atoms with Crippen molar-refractivity contribution in [1.29, 1.82) is 0 Å². The molecule has 108 valence electrons. The van der Waals surface area contributed by atoms with Crippen LogP contribution in [0, 0.1) is 0 Å². The van der Waals surface area contributed by atoms with Crippen LogP contribution in [-0.4, -0.2) is 8.42 Å². The van der Waals surface area contributed by atoms with Crippen LogP contribution in [0.15, 0.2) is 58.8 Å². The van der Waals surface area contributed by atoms with Crippen molar-refractivity contribution in [3.63, 3.8) is 0 Å². The van der Waals surface area contributed by atoms with Gasteiger partial charge in [0.25, 0.3) is 0 Å². The highest BCUT2D eigenvalue weighted by Gasteiger charge is 2.18. The maximum atomic E-state index is 12.5. The second-order valence-corrected chi connectivity index (χ2v) is 7.67. The fraction of sp³-hybridized carbons (Fsp3) is 0.0667. The van der Waals surface area contributed by atoms with E-state index >= 15 is 0 Å². The minimum absolute atomic E-state index is 0.210. The van der Waals surface area contributed by atoms with Gasteiger partial charge in [0, 0.05) is 21.8 Å². The van der Waals surface area contributed by atoms with Crippen LogP contribution in [0.5, 0.6) is 0 Å². The topological polar surface area (TPSA) is 46.2 Å². The van der Waals surface area contributed by atoms with Crippen molar-refractivity contribution in [2.75, 3.05) is 0 Å². The molecule has 0 aliphatic heterocycles. The van der Waals surface area contributed by atoms with E-state index in [9.17, 15) is 8.42 Å². The molecule has 1 aromatic heterocycles. The van der Waals surface area contributed by atoms with Gasteiger partial charge in [-0.25, -0.2) is 13.1 Å². The number of benzene rings is 2. The van der Waals surface area contributed by atoms with Crippen LogP contribution in [0.3, 0.4) is 0 Å². The first kappa shape index (κ1) is 14.5. The molecule has 3 nitrogen and oxygen atoms in total. The molecule has 0 fully saturated rings. The highest BCUT2D eigenvalue weighted by atomic mass is 35.5. The van der Waals surface area contributed by atoms with E-state index in [1.807, 2.05) is 29.6 Å². The van der Waals surface area contributed by atoms with E-state index in [1.54, 1.807) is 24.3 Å². The number of halogens is 1. The number of fused-ring (bicyclic) bond motifs is 1. The zero-order valence-corrected chi connectivity index (χ0v) is 13.3. The highest BCUT2D eigenvalue weighted by molar-refractivity contribution is 7.89. The lowest BCUT2D eigenvalue weighted by Crippen LogP contribution is -2.23. The lowest BCUT2D eigenvalue weighted by molar-refractivity contribution is 0.582. The molecule has 0 saturated heterocycles. The Balaban J connectivity index is 2.03. The van der Waals surface area contributed by atoms with Crippen LogP contribution in [0.25, 0.3) is 10.8 Å². The molecule has 0 radical (unpaired) electrons. The predicted molar refractivity (Wildman–Crippen MR) is 87.3 cm³/mol. The highest BCUT2D eigenvalue weighted by Crippen LogP contribution is 2.29. The van der Waals surface area contributed by atoms with Crippen LogP contribution < -0.4 is 4.72 Å². The van der Waals surface area contributed by atoms with Crippen molar-refractivity contribution in [3.05, 3.63) is 63.8 Å². The molecule has 3 rings (SSSR count). The average Bonchev–Trinajstić information content (AvgIpc) is 2.98. The summed E-state index contributed by atoms with van der Waals surface area (Å²) in [6.07, 6.45) is 0. The summed E-state index contributed by atoms with van der Waals surface area (Å²) >= 11 is 7.69. The lowest BCUT2D eigenvalue weighted by atomic mass is 10.1. The van der Waals surface area contributed by atoms with Crippen molar-refractivity contribution in [2.45, 2.75) is 11.4 Å². The number of hydrogen-bond donors (Lipinski definition) is 1. The van der Waals surface area contributed by atoms with Gasteiger partial charge in [0.15, 0.2) is 0 Å². The standard InChI is InChI=1S/C15H12ClNO2S2/c16-13-7-1-4-11-5-2-8-14(15(11)13)21(18,19)17-10-12-6-3-9-20-12/h1-9,17H,10H2. The van der Waals surface area contributed by atoms with Gasteiger partial charge in [-0.05, 0) is 29.0 Å². The predicted octanol–water partition coefficient (Wildman–Crippen LogP) is 4.03. The van der Waals surface area contributed by atoms with E-state index in [0.29, 0.717) is 10.4 Å². The molecule has 21 heavy (non-hydrogen) atoms. The summed E-state index contributed by atoms with van der Waals surface area (Å²) in [5.41, 5.74) is 0. The first-order chi connectivity index (χ1) is 10.1. The zero-order valence-electron chi connectivity index (χ0n) is 10.9. The van der Waals surface area contributed by atoms with Gasteiger partial charge in [0.05, 0.1) is 4.90 Å². The Labute approximate surface area is 132 Å². The Hall–Kier alpha value is -1.40. The summed E-state index contributed by atoms with van der Waals surface area (Å²) in [5, 5.41) is 3.71.